The highest BCUT2D eigenvalue weighted by molar-refractivity contribution is 4.83. The fraction of sp³-hybridized carbons (Fsp3) is 1.00. The highest BCUT2D eigenvalue weighted by Crippen LogP contribution is 2.20. The monoisotopic (exact) mass is 212 g/mol. The molecule has 1 saturated heterocycles. The van der Waals surface area contributed by atoms with Crippen molar-refractivity contribution in [1.82, 2.24) is 10.2 Å². The Balaban J connectivity index is 2.39. The molecule has 0 bridgehead atoms. The van der Waals surface area contributed by atoms with Gasteiger partial charge < -0.3 is 5.32 Å². The third-order valence-electron chi connectivity index (χ3n) is 3.82. The lowest BCUT2D eigenvalue weighted by atomic mass is 9.99. The van der Waals surface area contributed by atoms with Crippen LogP contribution >= 0.6 is 0 Å². The van der Waals surface area contributed by atoms with Crippen molar-refractivity contribution >= 4 is 0 Å². The molecule has 1 aliphatic heterocycles. The summed E-state index contributed by atoms with van der Waals surface area (Å²) in [5, 5.41) is 3.61. The SMILES string of the molecule is CCCNC(C)C(C)N1CCCCC1C. The summed E-state index contributed by atoms with van der Waals surface area (Å²) in [5.74, 6) is 0. The maximum Gasteiger partial charge on any atom is 0.0221 e. The average Bonchev–Trinajstić information content (AvgIpc) is 2.25. The molecule has 15 heavy (non-hydrogen) atoms. The average molecular weight is 212 g/mol. The molecule has 0 aliphatic carbocycles. The van der Waals surface area contributed by atoms with Crippen LogP contribution in [0.25, 0.3) is 0 Å². The number of nitrogens with one attached hydrogen (secondary N) is 1. The number of rotatable bonds is 5. The summed E-state index contributed by atoms with van der Waals surface area (Å²) < 4.78 is 0. The molecule has 0 amide bonds. The lowest BCUT2D eigenvalue weighted by Gasteiger charge is -2.40. The molecule has 1 N–H and O–H groups in total. The van der Waals surface area contributed by atoms with Crippen molar-refractivity contribution in [3.63, 3.8) is 0 Å². The minimum Gasteiger partial charge on any atom is -0.313 e. The first-order valence-corrected chi connectivity index (χ1v) is 6.66. The molecule has 2 nitrogen and oxygen atoms in total. The van der Waals surface area contributed by atoms with Gasteiger partial charge in [-0.3, -0.25) is 4.90 Å². The summed E-state index contributed by atoms with van der Waals surface area (Å²) in [4.78, 5) is 2.68. The number of nitrogens with zero attached hydrogens (tertiary/aromatic N) is 1. The standard InChI is InChI=1S/C13H28N2/c1-5-9-14-12(3)13(4)15-10-7-6-8-11(15)2/h11-14H,5-10H2,1-4H3. The van der Waals surface area contributed by atoms with E-state index in [0.29, 0.717) is 12.1 Å². The van der Waals surface area contributed by atoms with Crippen molar-refractivity contribution in [2.24, 2.45) is 0 Å². The highest BCUT2D eigenvalue weighted by Gasteiger charge is 2.25. The molecule has 3 unspecified atom stereocenters. The number of piperidine rings is 1. The van der Waals surface area contributed by atoms with Crippen LogP contribution in [-0.4, -0.2) is 36.1 Å². The van der Waals surface area contributed by atoms with Gasteiger partial charge in [0.2, 0.25) is 0 Å². The van der Waals surface area contributed by atoms with Gasteiger partial charge in [-0.15, -0.1) is 0 Å². The Kier molecular flexibility index (Phi) is 5.62. The Hall–Kier alpha value is -0.0800. The topological polar surface area (TPSA) is 15.3 Å². The van der Waals surface area contributed by atoms with Gasteiger partial charge in [0.05, 0.1) is 0 Å². The molecular formula is C13H28N2. The maximum absolute atomic E-state index is 3.61. The van der Waals surface area contributed by atoms with E-state index in [4.69, 9.17) is 0 Å². The molecule has 1 heterocycles. The second-order valence-corrected chi connectivity index (χ2v) is 5.07. The molecule has 3 atom stereocenters. The van der Waals surface area contributed by atoms with Gasteiger partial charge in [0.25, 0.3) is 0 Å². The Morgan fingerprint density at radius 2 is 2.07 bits per heavy atom. The van der Waals surface area contributed by atoms with Crippen LogP contribution in [0, 0.1) is 0 Å². The fourth-order valence-corrected chi connectivity index (χ4v) is 2.56. The molecule has 0 saturated carbocycles. The molecule has 90 valence electrons. The predicted molar refractivity (Wildman–Crippen MR) is 67.2 cm³/mol. The largest absolute Gasteiger partial charge is 0.313 e. The number of hydrogen-bond donors (Lipinski definition) is 1. The van der Waals surface area contributed by atoms with Crippen LogP contribution in [-0.2, 0) is 0 Å². The fourth-order valence-electron chi connectivity index (χ4n) is 2.56. The summed E-state index contributed by atoms with van der Waals surface area (Å²) in [6, 6.07) is 2.07. The van der Waals surface area contributed by atoms with Gasteiger partial charge in [-0.2, -0.15) is 0 Å². The van der Waals surface area contributed by atoms with Gasteiger partial charge >= 0.3 is 0 Å². The minimum atomic E-state index is 0.616. The summed E-state index contributed by atoms with van der Waals surface area (Å²) in [7, 11) is 0. The van der Waals surface area contributed by atoms with Crippen molar-refractivity contribution in [3.05, 3.63) is 0 Å². The molecular weight excluding hydrogens is 184 g/mol. The molecule has 1 aliphatic rings. The van der Waals surface area contributed by atoms with Gasteiger partial charge in [0.15, 0.2) is 0 Å². The van der Waals surface area contributed by atoms with E-state index in [9.17, 15) is 0 Å². The Labute approximate surface area is 95.4 Å². The zero-order chi connectivity index (χ0) is 11.3. The van der Waals surface area contributed by atoms with Crippen molar-refractivity contribution in [2.75, 3.05) is 13.1 Å². The molecule has 0 radical (unpaired) electrons. The highest BCUT2D eigenvalue weighted by atomic mass is 15.2. The van der Waals surface area contributed by atoms with Gasteiger partial charge in [-0.1, -0.05) is 13.3 Å². The molecule has 0 aromatic rings. The van der Waals surface area contributed by atoms with Gasteiger partial charge in [0, 0.05) is 18.1 Å². The molecule has 0 aromatic heterocycles. The van der Waals surface area contributed by atoms with E-state index in [-0.39, 0.29) is 0 Å². The number of likely N-dealkylation sites (tertiary alicyclic amines) is 1. The first-order chi connectivity index (χ1) is 7.16. The lowest BCUT2D eigenvalue weighted by Crippen LogP contribution is -2.52. The Morgan fingerprint density at radius 3 is 2.67 bits per heavy atom. The van der Waals surface area contributed by atoms with E-state index in [1.807, 2.05) is 0 Å². The molecule has 1 rings (SSSR count). The molecule has 0 aromatic carbocycles. The van der Waals surface area contributed by atoms with Crippen molar-refractivity contribution in [3.8, 4) is 0 Å². The molecule has 0 spiro atoms. The first-order valence-electron chi connectivity index (χ1n) is 6.66. The summed E-state index contributed by atoms with van der Waals surface area (Å²) in [6.07, 6.45) is 5.41. The zero-order valence-corrected chi connectivity index (χ0v) is 10.9. The third-order valence-corrected chi connectivity index (χ3v) is 3.82. The van der Waals surface area contributed by atoms with Gasteiger partial charge in [-0.05, 0) is 53.1 Å². The second kappa shape index (κ2) is 6.49. The van der Waals surface area contributed by atoms with Crippen LogP contribution in [0.4, 0.5) is 0 Å². The first kappa shape index (κ1) is 13.0. The third kappa shape index (κ3) is 3.76. The van der Waals surface area contributed by atoms with Crippen molar-refractivity contribution in [1.29, 1.82) is 0 Å². The maximum atomic E-state index is 3.61. The van der Waals surface area contributed by atoms with E-state index >= 15 is 0 Å². The smallest absolute Gasteiger partial charge is 0.0221 e. The van der Waals surface area contributed by atoms with Crippen LogP contribution in [0.3, 0.4) is 0 Å². The van der Waals surface area contributed by atoms with E-state index in [1.54, 1.807) is 0 Å². The van der Waals surface area contributed by atoms with Crippen LogP contribution in [0.1, 0.15) is 53.4 Å². The van der Waals surface area contributed by atoms with Crippen LogP contribution in [0.15, 0.2) is 0 Å². The van der Waals surface area contributed by atoms with Crippen LogP contribution in [0.5, 0.6) is 0 Å². The van der Waals surface area contributed by atoms with Crippen molar-refractivity contribution < 1.29 is 0 Å². The van der Waals surface area contributed by atoms with Gasteiger partial charge in [-0.25, -0.2) is 0 Å². The summed E-state index contributed by atoms with van der Waals surface area (Å²) in [5.41, 5.74) is 0. The molecule has 1 fully saturated rings. The summed E-state index contributed by atoms with van der Waals surface area (Å²) in [6.45, 7) is 11.7. The predicted octanol–water partition coefficient (Wildman–Crippen LogP) is 2.64. The zero-order valence-electron chi connectivity index (χ0n) is 10.9. The Morgan fingerprint density at radius 1 is 1.33 bits per heavy atom. The normalized spacial score (nSPS) is 27.6. The Bertz CT molecular complexity index is 170. The molecule has 2 heteroatoms. The van der Waals surface area contributed by atoms with Crippen LogP contribution in [0.2, 0.25) is 0 Å². The van der Waals surface area contributed by atoms with E-state index in [2.05, 4.69) is 37.9 Å². The quantitative estimate of drug-likeness (QED) is 0.753. The van der Waals surface area contributed by atoms with E-state index in [0.717, 1.165) is 12.6 Å². The number of hydrogen-bond acceptors (Lipinski definition) is 2. The van der Waals surface area contributed by atoms with E-state index < -0.39 is 0 Å². The van der Waals surface area contributed by atoms with Gasteiger partial charge in [0.1, 0.15) is 0 Å². The second-order valence-electron chi connectivity index (χ2n) is 5.07. The summed E-state index contributed by atoms with van der Waals surface area (Å²) >= 11 is 0. The minimum absolute atomic E-state index is 0.616. The van der Waals surface area contributed by atoms with Crippen molar-refractivity contribution in [2.45, 2.75) is 71.5 Å². The lowest BCUT2D eigenvalue weighted by molar-refractivity contribution is 0.0945. The van der Waals surface area contributed by atoms with E-state index in [1.165, 1.54) is 32.2 Å². The van der Waals surface area contributed by atoms with Crippen LogP contribution < -0.4 is 5.32 Å².